The number of nitrogens with one attached hydrogen (secondary N) is 2. The third kappa shape index (κ3) is 4.93. The first kappa shape index (κ1) is 23.3. The average Bonchev–Trinajstić information content (AvgIpc) is 2.76. The van der Waals surface area contributed by atoms with Gasteiger partial charge in [0.15, 0.2) is 0 Å². The minimum Gasteiger partial charge on any atom is -0.495 e. The molecule has 164 valence electrons. The summed E-state index contributed by atoms with van der Waals surface area (Å²) in [5.41, 5.74) is 2.87. The normalized spacial score (nSPS) is 10.8. The number of sulfonamides is 1. The Morgan fingerprint density at radius 3 is 2.38 bits per heavy atom. The van der Waals surface area contributed by atoms with Crippen molar-refractivity contribution in [2.24, 2.45) is 0 Å². The minimum absolute atomic E-state index is 0.120. The van der Waals surface area contributed by atoms with E-state index in [1.165, 1.54) is 31.4 Å². The van der Waals surface area contributed by atoms with Crippen LogP contribution in [0.5, 0.6) is 5.75 Å². The predicted octanol–water partition coefficient (Wildman–Crippen LogP) is 5.00. The van der Waals surface area contributed by atoms with Crippen molar-refractivity contribution in [2.45, 2.75) is 18.7 Å². The van der Waals surface area contributed by atoms with E-state index in [2.05, 4.69) is 26.0 Å². The molecule has 0 fully saturated rings. The van der Waals surface area contributed by atoms with Crippen LogP contribution in [0.4, 0.5) is 11.4 Å². The molecule has 0 aliphatic heterocycles. The average molecular weight is 514 g/mol. The summed E-state index contributed by atoms with van der Waals surface area (Å²) in [6.07, 6.45) is 0. The number of hydrogen-bond acceptors (Lipinski definition) is 5. The molecule has 0 aromatic heterocycles. The lowest BCUT2D eigenvalue weighted by Crippen LogP contribution is -2.17. The number of anilines is 2. The maximum atomic E-state index is 13.2. The zero-order valence-corrected chi connectivity index (χ0v) is 20.0. The van der Waals surface area contributed by atoms with Crippen LogP contribution in [0.2, 0.25) is 0 Å². The number of para-hydroxylation sites is 1. The number of ether oxygens (including phenoxy) is 1. The number of benzene rings is 3. The van der Waals surface area contributed by atoms with E-state index in [9.17, 15) is 13.2 Å². The zero-order valence-electron chi connectivity index (χ0n) is 17.6. The van der Waals surface area contributed by atoms with Crippen molar-refractivity contribution in [2.75, 3.05) is 17.1 Å². The molecule has 0 saturated carbocycles. The van der Waals surface area contributed by atoms with Crippen molar-refractivity contribution in [3.63, 3.8) is 0 Å². The van der Waals surface area contributed by atoms with Gasteiger partial charge in [0.1, 0.15) is 10.6 Å². The number of methoxy groups -OCH3 is 1. The number of nitriles is 1. The Labute approximate surface area is 195 Å². The van der Waals surface area contributed by atoms with Gasteiger partial charge in [0, 0.05) is 10.2 Å². The molecule has 9 heteroatoms. The summed E-state index contributed by atoms with van der Waals surface area (Å²) in [6, 6.07) is 16.4. The quantitative estimate of drug-likeness (QED) is 0.482. The number of carbonyl (C=O) groups excluding carboxylic acids is 1. The Hall–Kier alpha value is -3.35. The van der Waals surface area contributed by atoms with Gasteiger partial charge in [-0.2, -0.15) is 5.26 Å². The smallest absolute Gasteiger partial charge is 0.265 e. The van der Waals surface area contributed by atoms with E-state index in [1.807, 2.05) is 38.1 Å². The standard InChI is InChI=1S/C23H20BrN3O4S/c1-14-5-4-6-15(2)22(14)27-32(29,30)21-12-17(8-10-20(21)31-3)26-23(28)18-11-16(13-25)7-9-19(18)24/h4-12,27H,1-3H3,(H,26,28). The first-order valence-electron chi connectivity index (χ1n) is 9.44. The van der Waals surface area contributed by atoms with E-state index in [1.54, 1.807) is 12.1 Å². The molecule has 0 unspecified atom stereocenters. The van der Waals surface area contributed by atoms with Crippen LogP contribution in [0.25, 0.3) is 0 Å². The molecule has 0 radical (unpaired) electrons. The second-order valence-corrected chi connectivity index (χ2v) is 9.50. The van der Waals surface area contributed by atoms with Gasteiger partial charge in [-0.15, -0.1) is 0 Å². The second kappa shape index (κ2) is 9.42. The Morgan fingerprint density at radius 2 is 1.75 bits per heavy atom. The van der Waals surface area contributed by atoms with Crippen molar-refractivity contribution < 1.29 is 17.9 Å². The lowest BCUT2D eigenvalue weighted by Gasteiger charge is -2.16. The Kier molecular flexibility index (Phi) is 6.87. The lowest BCUT2D eigenvalue weighted by atomic mass is 10.1. The van der Waals surface area contributed by atoms with E-state index < -0.39 is 15.9 Å². The predicted molar refractivity (Wildman–Crippen MR) is 127 cm³/mol. The number of aryl methyl sites for hydroxylation is 2. The van der Waals surface area contributed by atoms with Crippen molar-refractivity contribution in [1.29, 1.82) is 5.26 Å². The van der Waals surface area contributed by atoms with Gasteiger partial charge in [-0.25, -0.2) is 8.42 Å². The van der Waals surface area contributed by atoms with Crippen molar-refractivity contribution in [3.05, 3.63) is 81.3 Å². The van der Waals surface area contributed by atoms with Crippen LogP contribution in [0.15, 0.2) is 64.0 Å². The molecule has 3 aromatic carbocycles. The third-order valence-corrected chi connectivity index (χ3v) is 6.83. The van der Waals surface area contributed by atoms with Crippen molar-refractivity contribution >= 4 is 43.2 Å². The number of carbonyl (C=O) groups is 1. The maximum Gasteiger partial charge on any atom is 0.265 e. The zero-order chi connectivity index (χ0) is 23.5. The van der Waals surface area contributed by atoms with Crippen molar-refractivity contribution in [3.8, 4) is 11.8 Å². The van der Waals surface area contributed by atoms with Crippen LogP contribution in [0.3, 0.4) is 0 Å². The molecule has 0 atom stereocenters. The van der Waals surface area contributed by atoms with Crippen LogP contribution >= 0.6 is 15.9 Å². The molecule has 3 aromatic rings. The van der Waals surface area contributed by atoms with Crippen LogP contribution in [0.1, 0.15) is 27.0 Å². The summed E-state index contributed by atoms with van der Waals surface area (Å²) in [5.74, 6) is -0.361. The summed E-state index contributed by atoms with van der Waals surface area (Å²) < 4.78 is 34.7. The fraction of sp³-hybridized carbons (Fsp3) is 0.130. The van der Waals surface area contributed by atoms with Gasteiger partial charge in [0.05, 0.1) is 30.0 Å². The number of amides is 1. The fourth-order valence-corrected chi connectivity index (χ4v) is 4.92. The molecule has 3 rings (SSSR count). The molecule has 0 saturated heterocycles. The molecule has 1 amide bonds. The largest absolute Gasteiger partial charge is 0.495 e. The fourth-order valence-electron chi connectivity index (χ4n) is 3.10. The summed E-state index contributed by atoms with van der Waals surface area (Å²) in [7, 11) is -2.65. The molecule has 0 aliphatic carbocycles. The Balaban J connectivity index is 1.97. The van der Waals surface area contributed by atoms with E-state index in [0.29, 0.717) is 15.7 Å². The molecule has 0 bridgehead atoms. The van der Waals surface area contributed by atoms with E-state index in [4.69, 9.17) is 10.00 Å². The van der Waals surface area contributed by atoms with Gasteiger partial charge in [0.25, 0.3) is 15.9 Å². The molecule has 0 aliphatic rings. The number of halogens is 1. The SMILES string of the molecule is COc1ccc(NC(=O)c2cc(C#N)ccc2Br)cc1S(=O)(=O)Nc1c(C)cccc1C. The molecule has 0 heterocycles. The molecule has 2 N–H and O–H groups in total. The first-order chi connectivity index (χ1) is 15.2. The van der Waals surface area contributed by atoms with Gasteiger partial charge in [-0.1, -0.05) is 18.2 Å². The molecule has 0 spiro atoms. The molecular formula is C23H20BrN3O4S. The lowest BCUT2D eigenvalue weighted by molar-refractivity contribution is 0.102. The van der Waals surface area contributed by atoms with Gasteiger partial charge < -0.3 is 10.1 Å². The summed E-state index contributed by atoms with van der Waals surface area (Å²) >= 11 is 3.30. The monoisotopic (exact) mass is 513 g/mol. The van der Waals surface area contributed by atoms with Crippen molar-refractivity contribution in [1.82, 2.24) is 0 Å². The summed E-state index contributed by atoms with van der Waals surface area (Å²) in [5, 5.41) is 11.8. The van der Waals surface area contributed by atoms with E-state index >= 15 is 0 Å². The summed E-state index contributed by atoms with van der Waals surface area (Å²) in [6.45, 7) is 3.62. The Bertz CT molecular complexity index is 1330. The highest BCUT2D eigenvalue weighted by Crippen LogP contribution is 2.31. The van der Waals surface area contributed by atoms with Crippen LogP contribution in [0, 0.1) is 25.2 Å². The van der Waals surface area contributed by atoms with Gasteiger partial charge in [-0.3, -0.25) is 9.52 Å². The van der Waals surface area contributed by atoms with Gasteiger partial charge in [-0.05, 0) is 77.3 Å². The van der Waals surface area contributed by atoms with E-state index in [-0.39, 0.29) is 21.9 Å². The highest BCUT2D eigenvalue weighted by Gasteiger charge is 2.23. The van der Waals surface area contributed by atoms with Crippen LogP contribution in [-0.2, 0) is 10.0 Å². The van der Waals surface area contributed by atoms with Gasteiger partial charge in [0.2, 0.25) is 0 Å². The number of hydrogen-bond donors (Lipinski definition) is 2. The van der Waals surface area contributed by atoms with E-state index in [0.717, 1.165) is 11.1 Å². The topological polar surface area (TPSA) is 108 Å². The third-order valence-electron chi connectivity index (χ3n) is 4.77. The van der Waals surface area contributed by atoms with Crippen LogP contribution in [-0.4, -0.2) is 21.4 Å². The second-order valence-electron chi connectivity index (χ2n) is 7.00. The molecule has 7 nitrogen and oxygen atoms in total. The molecular weight excluding hydrogens is 494 g/mol. The number of nitrogens with zero attached hydrogens (tertiary/aromatic N) is 1. The maximum absolute atomic E-state index is 13.2. The highest BCUT2D eigenvalue weighted by atomic mass is 79.9. The summed E-state index contributed by atoms with van der Waals surface area (Å²) in [4.78, 5) is 12.6. The first-order valence-corrected chi connectivity index (χ1v) is 11.7. The minimum atomic E-state index is -4.02. The highest BCUT2D eigenvalue weighted by molar-refractivity contribution is 9.10. The van der Waals surface area contributed by atoms with Crippen LogP contribution < -0.4 is 14.8 Å². The Morgan fingerprint density at radius 1 is 1.06 bits per heavy atom. The number of rotatable bonds is 6. The molecule has 32 heavy (non-hydrogen) atoms. The van der Waals surface area contributed by atoms with Gasteiger partial charge >= 0.3 is 0 Å².